The number of nitrogens with zero attached hydrogens (tertiary/aromatic N) is 1. The van der Waals surface area contributed by atoms with Crippen molar-refractivity contribution in [2.75, 3.05) is 19.6 Å². The zero-order valence-corrected chi connectivity index (χ0v) is 16.8. The van der Waals surface area contributed by atoms with E-state index >= 15 is 0 Å². The van der Waals surface area contributed by atoms with Gasteiger partial charge in [-0.25, -0.2) is 4.79 Å². The van der Waals surface area contributed by atoms with Crippen LogP contribution in [-0.4, -0.2) is 41.8 Å². The van der Waals surface area contributed by atoms with E-state index in [9.17, 15) is 14.4 Å². The molecule has 4 rings (SSSR count). The Morgan fingerprint density at radius 3 is 2.17 bits per heavy atom. The monoisotopic (exact) mass is 392 g/mol. The van der Waals surface area contributed by atoms with Gasteiger partial charge >= 0.3 is 5.97 Å². The van der Waals surface area contributed by atoms with Crippen LogP contribution in [0.25, 0.3) is 0 Å². The molecule has 0 radical (unpaired) electrons. The van der Waals surface area contributed by atoms with Gasteiger partial charge in [0.05, 0.1) is 5.56 Å². The molecule has 1 heterocycles. The minimum absolute atomic E-state index is 0.183. The van der Waals surface area contributed by atoms with Crippen molar-refractivity contribution in [3.05, 3.63) is 70.3 Å². The molecule has 2 aromatic carbocycles. The van der Waals surface area contributed by atoms with Crippen LogP contribution in [0.5, 0.6) is 0 Å². The number of ketones is 2. The van der Waals surface area contributed by atoms with Crippen LogP contribution in [-0.2, 0) is 4.84 Å². The number of hydrogen-bond donors (Lipinski definition) is 0. The Morgan fingerprint density at radius 1 is 0.897 bits per heavy atom. The van der Waals surface area contributed by atoms with Crippen molar-refractivity contribution in [1.82, 2.24) is 0 Å². The van der Waals surface area contributed by atoms with Gasteiger partial charge in [-0.15, -0.1) is 4.65 Å². The van der Waals surface area contributed by atoms with Crippen LogP contribution in [0.15, 0.2) is 42.5 Å². The average molecular weight is 392 g/mol. The number of hydrogen-bond acceptors (Lipinski definition) is 4. The second-order valence-corrected chi connectivity index (χ2v) is 7.99. The molecule has 0 amide bonds. The van der Waals surface area contributed by atoms with Gasteiger partial charge in [0.2, 0.25) is 0 Å². The summed E-state index contributed by atoms with van der Waals surface area (Å²) < 4.78 is 0.367. The lowest BCUT2D eigenvalue weighted by atomic mass is 9.83. The summed E-state index contributed by atoms with van der Waals surface area (Å²) in [6, 6.07) is 11.5. The summed E-state index contributed by atoms with van der Waals surface area (Å²) >= 11 is 0. The van der Waals surface area contributed by atoms with E-state index in [2.05, 4.69) is 6.92 Å². The van der Waals surface area contributed by atoms with Gasteiger partial charge in [-0.05, 0) is 24.6 Å². The van der Waals surface area contributed by atoms with E-state index in [0.717, 1.165) is 51.7 Å². The number of unbranched alkanes of at least 4 members (excludes halogenated alkanes) is 2. The highest BCUT2D eigenvalue weighted by Crippen LogP contribution is 2.29. The first-order valence-corrected chi connectivity index (χ1v) is 10.5. The lowest BCUT2D eigenvalue weighted by molar-refractivity contribution is -1.08. The molecule has 5 nitrogen and oxygen atoms in total. The maximum absolute atomic E-state index is 12.9. The fraction of sp³-hybridized carbons (Fsp3) is 0.375. The van der Waals surface area contributed by atoms with E-state index in [0.29, 0.717) is 26.9 Å². The SMILES string of the molecule is CCCCC[N+]1(OC(=O)c2ccc3c(c2)C(=O)c2ccccc2C3=O)CCCC1. The van der Waals surface area contributed by atoms with Gasteiger partial charge in [0.25, 0.3) is 0 Å². The summed E-state index contributed by atoms with van der Waals surface area (Å²) in [5, 5.41) is 0. The van der Waals surface area contributed by atoms with Crippen molar-refractivity contribution in [1.29, 1.82) is 0 Å². The molecule has 2 aliphatic rings. The Labute approximate surface area is 170 Å². The zero-order chi connectivity index (χ0) is 20.4. The molecular formula is C24H26NO4+. The summed E-state index contributed by atoms with van der Waals surface area (Å²) in [6.45, 7) is 4.66. The number of benzene rings is 2. The normalized spacial score (nSPS) is 17.0. The van der Waals surface area contributed by atoms with Crippen LogP contribution >= 0.6 is 0 Å². The van der Waals surface area contributed by atoms with Gasteiger partial charge in [0.15, 0.2) is 11.6 Å². The lowest BCUT2D eigenvalue weighted by Gasteiger charge is -2.30. The van der Waals surface area contributed by atoms with Crippen molar-refractivity contribution in [2.24, 2.45) is 0 Å². The molecule has 5 heteroatoms. The molecular weight excluding hydrogens is 366 g/mol. The minimum Gasteiger partial charge on any atom is -0.289 e. The number of quaternary nitrogens is 1. The first-order valence-electron chi connectivity index (χ1n) is 10.5. The van der Waals surface area contributed by atoms with E-state index < -0.39 is 5.97 Å². The largest absolute Gasteiger partial charge is 0.397 e. The highest BCUT2D eigenvalue weighted by Gasteiger charge is 2.38. The quantitative estimate of drug-likeness (QED) is 0.463. The number of likely N-dealkylation sites (tertiary alicyclic amines) is 1. The predicted octanol–water partition coefficient (Wildman–Crippen LogP) is 4.33. The van der Waals surface area contributed by atoms with E-state index in [1.165, 1.54) is 6.07 Å². The maximum Gasteiger partial charge on any atom is 0.397 e. The molecule has 0 bridgehead atoms. The van der Waals surface area contributed by atoms with Crippen LogP contribution in [0, 0.1) is 0 Å². The molecule has 0 spiro atoms. The Morgan fingerprint density at radius 2 is 1.52 bits per heavy atom. The topological polar surface area (TPSA) is 60.4 Å². The minimum atomic E-state index is -0.426. The third-order valence-corrected chi connectivity index (χ3v) is 5.99. The zero-order valence-electron chi connectivity index (χ0n) is 16.8. The van der Waals surface area contributed by atoms with Crippen molar-refractivity contribution in [3.63, 3.8) is 0 Å². The third-order valence-electron chi connectivity index (χ3n) is 5.99. The van der Waals surface area contributed by atoms with Gasteiger partial charge in [0, 0.05) is 41.5 Å². The predicted molar refractivity (Wildman–Crippen MR) is 109 cm³/mol. The molecule has 0 atom stereocenters. The van der Waals surface area contributed by atoms with Gasteiger partial charge in [-0.2, -0.15) is 0 Å². The molecule has 29 heavy (non-hydrogen) atoms. The first kappa shape index (κ1) is 19.5. The van der Waals surface area contributed by atoms with Crippen LogP contribution in [0.2, 0.25) is 0 Å². The van der Waals surface area contributed by atoms with Crippen LogP contribution in [0.4, 0.5) is 0 Å². The highest BCUT2D eigenvalue weighted by molar-refractivity contribution is 6.28. The third kappa shape index (κ3) is 3.62. The maximum atomic E-state index is 12.9. The van der Waals surface area contributed by atoms with E-state index in [-0.39, 0.29) is 17.1 Å². The molecule has 0 aromatic heterocycles. The van der Waals surface area contributed by atoms with Gasteiger partial charge in [0.1, 0.15) is 19.6 Å². The van der Waals surface area contributed by atoms with E-state index in [4.69, 9.17) is 4.84 Å². The molecule has 150 valence electrons. The van der Waals surface area contributed by atoms with Crippen molar-refractivity contribution in [2.45, 2.75) is 39.0 Å². The molecule has 1 aliphatic heterocycles. The van der Waals surface area contributed by atoms with Crippen molar-refractivity contribution < 1.29 is 23.9 Å². The van der Waals surface area contributed by atoms with Crippen molar-refractivity contribution >= 4 is 17.5 Å². The Bertz CT molecular complexity index is 973. The number of carbonyl (C=O) groups is 3. The Balaban J connectivity index is 1.59. The molecule has 0 saturated carbocycles. The van der Waals surface area contributed by atoms with Crippen LogP contribution in [0.3, 0.4) is 0 Å². The van der Waals surface area contributed by atoms with Crippen molar-refractivity contribution in [3.8, 4) is 0 Å². The van der Waals surface area contributed by atoms with Crippen LogP contribution < -0.4 is 0 Å². The van der Waals surface area contributed by atoms with Crippen LogP contribution in [0.1, 0.15) is 81.2 Å². The molecule has 1 fully saturated rings. The standard InChI is InChI=1S/C24H26NO4/c1-2-3-6-13-25(14-7-8-15-25)29-24(28)17-11-12-20-21(16-17)23(27)19-10-5-4-9-18(19)22(20)26/h4-5,9-12,16H,2-3,6-8,13-15H2,1H3/q+1. The number of carbonyl (C=O) groups excluding carboxylic acids is 3. The van der Waals surface area contributed by atoms with Gasteiger partial charge in [-0.1, -0.05) is 37.6 Å². The second-order valence-electron chi connectivity index (χ2n) is 7.99. The number of rotatable bonds is 6. The fourth-order valence-corrected chi connectivity index (χ4v) is 4.38. The average Bonchev–Trinajstić information content (AvgIpc) is 3.20. The number of fused-ring (bicyclic) bond motifs is 2. The highest BCUT2D eigenvalue weighted by atomic mass is 16.7. The molecule has 1 saturated heterocycles. The summed E-state index contributed by atoms with van der Waals surface area (Å²) in [4.78, 5) is 44.5. The van der Waals surface area contributed by atoms with Gasteiger partial charge < -0.3 is 0 Å². The molecule has 0 N–H and O–H groups in total. The first-order chi connectivity index (χ1) is 14.0. The summed E-state index contributed by atoms with van der Waals surface area (Å²) in [7, 11) is 0. The summed E-state index contributed by atoms with van der Waals surface area (Å²) in [5.41, 5.74) is 1.75. The fourth-order valence-electron chi connectivity index (χ4n) is 4.38. The lowest BCUT2D eigenvalue weighted by Crippen LogP contribution is -2.47. The van der Waals surface area contributed by atoms with Gasteiger partial charge in [-0.3, -0.25) is 14.4 Å². The van der Waals surface area contributed by atoms with E-state index in [1.54, 1.807) is 36.4 Å². The molecule has 0 unspecified atom stereocenters. The summed E-state index contributed by atoms with van der Waals surface area (Å²) in [5.74, 6) is -0.833. The smallest absolute Gasteiger partial charge is 0.289 e. The molecule has 1 aliphatic carbocycles. The summed E-state index contributed by atoms with van der Waals surface area (Å²) in [6.07, 6.45) is 5.36. The molecule has 2 aromatic rings. The second kappa shape index (κ2) is 7.91. The number of hydroxylamine groups is 3. The Kier molecular flexibility index (Phi) is 5.33. The van der Waals surface area contributed by atoms with E-state index in [1.807, 2.05) is 0 Å². The Hall–Kier alpha value is -2.79.